The molecule has 0 saturated heterocycles. The summed E-state index contributed by atoms with van der Waals surface area (Å²) in [7, 11) is -3.66. The molecule has 0 unspecified atom stereocenters. The van der Waals surface area contributed by atoms with E-state index in [0.29, 0.717) is 11.3 Å². The zero-order valence-corrected chi connectivity index (χ0v) is 10.2. The highest BCUT2D eigenvalue weighted by molar-refractivity contribution is 7.93. The van der Waals surface area contributed by atoms with Crippen molar-refractivity contribution in [3.05, 3.63) is 21.1 Å². The minimum Gasteiger partial charge on any atom is -0.294 e. The number of carbonyl (C=O) groups is 1. The van der Waals surface area contributed by atoms with E-state index in [1.54, 1.807) is 0 Å². The second-order valence-corrected chi connectivity index (χ2v) is 6.53. The zero-order valence-electron chi connectivity index (χ0n) is 8.59. The Bertz CT molecular complexity index is 543. The van der Waals surface area contributed by atoms with E-state index < -0.39 is 20.4 Å². The predicted octanol–water partition coefficient (Wildman–Crippen LogP) is 1.65. The Morgan fingerprint density at radius 2 is 2.12 bits per heavy atom. The summed E-state index contributed by atoms with van der Waals surface area (Å²) < 4.78 is 22.8. The summed E-state index contributed by atoms with van der Waals surface area (Å²) >= 11 is 0.648. The molecule has 8 heteroatoms. The van der Waals surface area contributed by atoms with Crippen LogP contribution in [-0.4, -0.2) is 24.9 Å². The SMILES string of the molecule is CCS(=O)(=O)c1sc(C(C)=O)cc1[N+](=O)[O-]. The molecule has 0 aliphatic carbocycles. The number of nitro groups is 1. The van der Waals surface area contributed by atoms with Crippen molar-refractivity contribution >= 4 is 32.6 Å². The summed E-state index contributed by atoms with van der Waals surface area (Å²) in [4.78, 5) is 21.0. The van der Waals surface area contributed by atoms with Crippen molar-refractivity contribution in [2.24, 2.45) is 0 Å². The summed E-state index contributed by atoms with van der Waals surface area (Å²) in [6.07, 6.45) is 0. The van der Waals surface area contributed by atoms with E-state index in [4.69, 9.17) is 0 Å². The maximum Gasteiger partial charge on any atom is 0.299 e. The van der Waals surface area contributed by atoms with Crippen LogP contribution in [0.15, 0.2) is 10.3 Å². The summed E-state index contributed by atoms with van der Waals surface area (Å²) in [5.74, 6) is -0.614. The van der Waals surface area contributed by atoms with E-state index in [9.17, 15) is 23.3 Å². The predicted molar refractivity (Wildman–Crippen MR) is 58.7 cm³/mol. The van der Waals surface area contributed by atoms with E-state index >= 15 is 0 Å². The third kappa shape index (κ3) is 2.27. The smallest absolute Gasteiger partial charge is 0.294 e. The fourth-order valence-electron chi connectivity index (χ4n) is 1.02. The number of rotatable bonds is 4. The van der Waals surface area contributed by atoms with Gasteiger partial charge in [-0.05, 0) is 6.92 Å². The fraction of sp³-hybridized carbons (Fsp3) is 0.375. The molecular weight excluding hydrogens is 254 g/mol. The van der Waals surface area contributed by atoms with Crippen molar-refractivity contribution in [1.82, 2.24) is 0 Å². The molecule has 0 bridgehead atoms. The third-order valence-electron chi connectivity index (χ3n) is 1.89. The van der Waals surface area contributed by atoms with Crippen LogP contribution >= 0.6 is 11.3 Å². The molecule has 0 aromatic carbocycles. The van der Waals surface area contributed by atoms with E-state index in [1.807, 2.05) is 0 Å². The van der Waals surface area contributed by atoms with Gasteiger partial charge in [-0.3, -0.25) is 14.9 Å². The van der Waals surface area contributed by atoms with Gasteiger partial charge in [0.25, 0.3) is 5.69 Å². The van der Waals surface area contributed by atoms with Crippen LogP contribution in [0.4, 0.5) is 5.69 Å². The number of carbonyl (C=O) groups excluding carboxylic acids is 1. The minimum absolute atomic E-state index is 0.0822. The van der Waals surface area contributed by atoms with Crippen LogP contribution in [0.1, 0.15) is 23.5 Å². The molecule has 0 radical (unpaired) electrons. The van der Waals surface area contributed by atoms with Crippen molar-refractivity contribution < 1.29 is 18.1 Å². The Morgan fingerprint density at radius 1 is 1.56 bits per heavy atom. The van der Waals surface area contributed by atoms with Gasteiger partial charge in [-0.1, -0.05) is 6.92 Å². The van der Waals surface area contributed by atoms with E-state index in [1.165, 1.54) is 13.8 Å². The van der Waals surface area contributed by atoms with Gasteiger partial charge in [0.05, 0.1) is 15.6 Å². The number of sulfone groups is 1. The molecule has 0 spiro atoms. The number of nitrogens with zero attached hydrogens (tertiary/aromatic N) is 1. The topological polar surface area (TPSA) is 94.3 Å². The van der Waals surface area contributed by atoms with Crippen LogP contribution in [0, 0.1) is 10.1 Å². The average Bonchev–Trinajstić information content (AvgIpc) is 2.62. The van der Waals surface area contributed by atoms with E-state index in [-0.39, 0.29) is 20.6 Å². The lowest BCUT2D eigenvalue weighted by Crippen LogP contribution is -2.03. The highest BCUT2D eigenvalue weighted by Crippen LogP contribution is 2.34. The number of hydrogen-bond acceptors (Lipinski definition) is 6. The van der Waals surface area contributed by atoms with Crippen LogP contribution in [0.3, 0.4) is 0 Å². The van der Waals surface area contributed by atoms with Crippen molar-refractivity contribution in [3.8, 4) is 0 Å². The van der Waals surface area contributed by atoms with E-state index in [2.05, 4.69) is 0 Å². The van der Waals surface area contributed by atoms with Crippen LogP contribution in [0.2, 0.25) is 0 Å². The summed E-state index contributed by atoms with van der Waals surface area (Å²) in [6.45, 7) is 2.63. The van der Waals surface area contributed by atoms with Crippen LogP contribution in [0.5, 0.6) is 0 Å². The van der Waals surface area contributed by atoms with Gasteiger partial charge in [0, 0.05) is 6.07 Å². The molecule has 0 aliphatic rings. The van der Waals surface area contributed by atoms with Crippen LogP contribution in [-0.2, 0) is 9.84 Å². The van der Waals surface area contributed by atoms with Gasteiger partial charge in [0.2, 0.25) is 0 Å². The lowest BCUT2D eigenvalue weighted by Gasteiger charge is -1.95. The molecule has 1 rings (SSSR count). The molecular formula is C8H9NO5S2. The highest BCUT2D eigenvalue weighted by Gasteiger charge is 2.29. The fourth-order valence-corrected chi connectivity index (χ4v) is 3.62. The standard InChI is InChI=1S/C8H9NO5S2/c1-3-16(13,14)8-6(9(11)12)4-7(15-8)5(2)10/h4H,3H2,1-2H3. The molecule has 0 N–H and O–H groups in total. The Kier molecular flexibility index (Phi) is 3.44. The quantitative estimate of drug-likeness (QED) is 0.467. The third-order valence-corrected chi connectivity index (χ3v) is 5.45. The highest BCUT2D eigenvalue weighted by atomic mass is 32.2. The van der Waals surface area contributed by atoms with Gasteiger partial charge < -0.3 is 0 Å². The molecule has 0 aliphatic heterocycles. The number of Topliss-reactive ketones (excluding diaryl/α,β-unsaturated/α-hetero) is 1. The zero-order chi connectivity index (χ0) is 12.5. The van der Waals surface area contributed by atoms with Crippen molar-refractivity contribution in [3.63, 3.8) is 0 Å². The maximum atomic E-state index is 11.6. The minimum atomic E-state index is -3.66. The second-order valence-electron chi connectivity index (χ2n) is 3.00. The largest absolute Gasteiger partial charge is 0.299 e. The number of thiophene rings is 1. The molecule has 0 fully saturated rings. The molecule has 0 saturated carbocycles. The van der Waals surface area contributed by atoms with Crippen molar-refractivity contribution in [1.29, 1.82) is 0 Å². The number of hydrogen-bond donors (Lipinski definition) is 0. The monoisotopic (exact) mass is 263 g/mol. The molecule has 88 valence electrons. The molecule has 0 atom stereocenters. The summed E-state index contributed by atoms with van der Waals surface area (Å²) in [5.41, 5.74) is -0.517. The van der Waals surface area contributed by atoms with Crippen LogP contribution < -0.4 is 0 Å². The van der Waals surface area contributed by atoms with Crippen molar-refractivity contribution in [2.75, 3.05) is 5.75 Å². The summed E-state index contributed by atoms with van der Waals surface area (Å²) in [6, 6.07) is 1.01. The van der Waals surface area contributed by atoms with Crippen molar-refractivity contribution in [2.45, 2.75) is 18.1 Å². The molecule has 6 nitrogen and oxygen atoms in total. The molecule has 1 heterocycles. The van der Waals surface area contributed by atoms with Gasteiger partial charge in [-0.25, -0.2) is 8.42 Å². The van der Waals surface area contributed by atoms with Gasteiger partial charge in [-0.15, -0.1) is 11.3 Å². The molecule has 1 aromatic rings. The Hall–Kier alpha value is -1.28. The average molecular weight is 263 g/mol. The van der Waals surface area contributed by atoms with Gasteiger partial charge >= 0.3 is 0 Å². The lowest BCUT2D eigenvalue weighted by atomic mass is 10.3. The van der Waals surface area contributed by atoms with Gasteiger partial charge in [0.1, 0.15) is 0 Å². The first kappa shape index (κ1) is 12.8. The van der Waals surface area contributed by atoms with Gasteiger partial charge in [0.15, 0.2) is 19.8 Å². The second kappa shape index (κ2) is 4.30. The first-order valence-electron chi connectivity index (χ1n) is 4.31. The molecule has 0 amide bonds. The van der Waals surface area contributed by atoms with Crippen LogP contribution in [0.25, 0.3) is 0 Å². The molecule has 16 heavy (non-hydrogen) atoms. The lowest BCUT2D eigenvalue weighted by molar-refractivity contribution is -0.387. The molecule has 1 aromatic heterocycles. The summed E-state index contributed by atoms with van der Waals surface area (Å²) in [5, 5.41) is 10.7. The Balaban J connectivity index is 3.49. The maximum absolute atomic E-state index is 11.6. The normalized spacial score (nSPS) is 11.4. The first-order valence-corrected chi connectivity index (χ1v) is 6.78. The van der Waals surface area contributed by atoms with Gasteiger partial charge in [-0.2, -0.15) is 0 Å². The Labute approximate surface area is 96.0 Å². The number of ketones is 1. The first-order chi connectivity index (χ1) is 7.29. The van der Waals surface area contributed by atoms with E-state index in [0.717, 1.165) is 6.07 Å². The Morgan fingerprint density at radius 3 is 2.50 bits per heavy atom.